The topological polar surface area (TPSA) is 20.2 Å². The Morgan fingerprint density at radius 2 is 2.00 bits per heavy atom. The van der Waals surface area contributed by atoms with E-state index in [1.165, 1.54) is 0 Å². The molecule has 0 radical (unpaired) electrons. The Kier molecular flexibility index (Phi) is 2.76. The molecule has 1 rings (SSSR count). The maximum atomic E-state index is 9.73. The lowest BCUT2D eigenvalue weighted by Crippen LogP contribution is -1.94. The van der Waals surface area contributed by atoms with Crippen molar-refractivity contribution in [1.29, 1.82) is 0 Å². The maximum Gasteiger partial charge on any atom is 0.119 e. The number of benzene rings is 1. The van der Waals surface area contributed by atoms with Gasteiger partial charge in [-0.1, -0.05) is 19.1 Å². The van der Waals surface area contributed by atoms with Gasteiger partial charge in [-0.15, -0.1) is 6.58 Å². The molecule has 1 nitrogen and oxygen atoms in total. The third-order valence-electron chi connectivity index (χ3n) is 2.32. The van der Waals surface area contributed by atoms with Crippen molar-refractivity contribution in [3.05, 3.63) is 41.5 Å². The quantitative estimate of drug-likeness (QED) is 0.685. The lowest BCUT2D eigenvalue weighted by Gasteiger charge is -2.13. The number of hydrogen-bond acceptors (Lipinski definition) is 1. The van der Waals surface area contributed by atoms with Gasteiger partial charge in [-0.25, -0.2) is 0 Å². The molecule has 1 heteroatoms. The van der Waals surface area contributed by atoms with Crippen LogP contribution in [0.2, 0.25) is 0 Å². The minimum Gasteiger partial charge on any atom is -0.508 e. The van der Waals surface area contributed by atoms with Gasteiger partial charge in [-0.3, -0.25) is 0 Å². The van der Waals surface area contributed by atoms with E-state index in [2.05, 4.69) is 12.6 Å². The van der Waals surface area contributed by atoms with E-state index in [-0.39, 0.29) is 5.92 Å². The summed E-state index contributed by atoms with van der Waals surface area (Å²) in [7, 11) is 0. The van der Waals surface area contributed by atoms with Crippen LogP contribution < -0.4 is 0 Å². The summed E-state index contributed by atoms with van der Waals surface area (Å²) in [5, 5.41) is 9.73. The molecule has 70 valence electrons. The van der Waals surface area contributed by atoms with Crippen molar-refractivity contribution in [2.45, 2.75) is 26.7 Å². The second kappa shape index (κ2) is 3.65. The predicted molar refractivity (Wildman–Crippen MR) is 56.2 cm³/mol. The van der Waals surface area contributed by atoms with Gasteiger partial charge in [-0.2, -0.15) is 0 Å². The van der Waals surface area contributed by atoms with Crippen LogP contribution >= 0.6 is 0 Å². The lowest BCUT2D eigenvalue weighted by atomic mass is 9.94. The third kappa shape index (κ3) is 1.92. The number of allylic oxidation sites excluding steroid dienone is 1. The minimum atomic E-state index is 0.209. The summed E-state index contributed by atoms with van der Waals surface area (Å²) < 4.78 is 0. The first-order chi connectivity index (χ1) is 6.06. The van der Waals surface area contributed by atoms with Gasteiger partial charge in [0.05, 0.1) is 0 Å². The van der Waals surface area contributed by atoms with Crippen LogP contribution in [-0.2, 0) is 0 Å². The maximum absolute atomic E-state index is 9.73. The normalized spacial score (nSPS) is 12.5. The van der Waals surface area contributed by atoms with Crippen LogP contribution in [0.4, 0.5) is 0 Å². The van der Waals surface area contributed by atoms with Crippen LogP contribution in [0, 0.1) is 13.8 Å². The van der Waals surface area contributed by atoms with Gasteiger partial charge in [0.2, 0.25) is 0 Å². The Morgan fingerprint density at radius 3 is 2.46 bits per heavy atom. The predicted octanol–water partition coefficient (Wildman–Crippen LogP) is 3.30. The molecule has 0 bridgehead atoms. The standard InChI is InChI=1S/C12H16O/c1-5-9(3)12-10(4)6-8(2)7-11(12)13/h5-7,9,13H,1H2,2-4H3. The fourth-order valence-corrected chi connectivity index (χ4v) is 1.67. The molecule has 0 fully saturated rings. The molecule has 1 unspecified atom stereocenters. The first-order valence-corrected chi connectivity index (χ1v) is 4.49. The molecule has 0 saturated heterocycles. The van der Waals surface area contributed by atoms with Crippen LogP contribution in [-0.4, -0.2) is 5.11 Å². The van der Waals surface area contributed by atoms with Gasteiger partial charge in [0.15, 0.2) is 0 Å². The zero-order chi connectivity index (χ0) is 10.0. The Morgan fingerprint density at radius 1 is 1.38 bits per heavy atom. The Hall–Kier alpha value is -1.24. The van der Waals surface area contributed by atoms with E-state index in [1.807, 2.05) is 26.8 Å². The largest absolute Gasteiger partial charge is 0.508 e. The molecular weight excluding hydrogens is 160 g/mol. The molecule has 1 atom stereocenters. The van der Waals surface area contributed by atoms with Crippen molar-refractivity contribution in [3.63, 3.8) is 0 Å². The molecule has 0 amide bonds. The van der Waals surface area contributed by atoms with Crippen molar-refractivity contribution < 1.29 is 5.11 Å². The van der Waals surface area contributed by atoms with Crippen molar-refractivity contribution in [1.82, 2.24) is 0 Å². The van der Waals surface area contributed by atoms with E-state index in [1.54, 1.807) is 6.07 Å². The molecule has 0 spiro atoms. The van der Waals surface area contributed by atoms with Gasteiger partial charge in [0.25, 0.3) is 0 Å². The second-order valence-corrected chi connectivity index (χ2v) is 3.54. The molecule has 1 N–H and O–H groups in total. The second-order valence-electron chi connectivity index (χ2n) is 3.54. The van der Waals surface area contributed by atoms with Gasteiger partial charge in [-0.05, 0) is 31.0 Å². The van der Waals surface area contributed by atoms with Crippen molar-refractivity contribution in [2.75, 3.05) is 0 Å². The van der Waals surface area contributed by atoms with Crippen LogP contribution in [0.3, 0.4) is 0 Å². The number of aromatic hydroxyl groups is 1. The van der Waals surface area contributed by atoms with Crippen molar-refractivity contribution in [3.8, 4) is 5.75 Å². The SMILES string of the molecule is C=CC(C)c1c(C)cc(C)cc1O. The summed E-state index contributed by atoms with van der Waals surface area (Å²) in [5.74, 6) is 0.588. The van der Waals surface area contributed by atoms with Gasteiger partial charge < -0.3 is 5.11 Å². The van der Waals surface area contributed by atoms with E-state index in [0.29, 0.717) is 5.75 Å². The van der Waals surface area contributed by atoms with Gasteiger partial charge in [0.1, 0.15) is 5.75 Å². The number of phenolic OH excluding ortho intramolecular Hbond substituents is 1. The average Bonchev–Trinajstić information content (AvgIpc) is 2.02. The average molecular weight is 176 g/mol. The zero-order valence-electron chi connectivity index (χ0n) is 8.46. The number of hydrogen-bond donors (Lipinski definition) is 1. The summed E-state index contributed by atoms with van der Waals surface area (Å²) in [6.45, 7) is 9.76. The Balaban J connectivity index is 3.28. The summed E-state index contributed by atoms with van der Waals surface area (Å²) in [4.78, 5) is 0. The summed E-state index contributed by atoms with van der Waals surface area (Å²) in [5.41, 5.74) is 3.21. The molecule has 1 aromatic rings. The lowest BCUT2D eigenvalue weighted by molar-refractivity contribution is 0.465. The van der Waals surface area contributed by atoms with Gasteiger partial charge in [0, 0.05) is 11.5 Å². The molecule has 0 aliphatic heterocycles. The monoisotopic (exact) mass is 176 g/mol. The number of phenols is 1. The summed E-state index contributed by atoms with van der Waals surface area (Å²) in [6, 6.07) is 3.87. The highest BCUT2D eigenvalue weighted by atomic mass is 16.3. The van der Waals surface area contributed by atoms with Crippen molar-refractivity contribution >= 4 is 0 Å². The fourth-order valence-electron chi connectivity index (χ4n) is 1.67. The molecule has 0 heterocycles. The first kappa shape index (κ1) is 9.85. The Bertz CT molecular complexity index is 303. The highest BCUT2D eigenvalue weighted by Gasteiger charge is 2.10. The van der Waals surface area contributed by atoms with Crippen LogP contribution in [0.25, 0.3) is 0 Å². The first-order valence-electron chi connectivity index (χ1n) is 4.49. The van der Waals surface area contributed by atoms with Crippen LogP contribution in [0.1, 0.15) is 29.5 Å². The summed E-state index contributed by atoms with van der Waals surface area (Å²) >= 11 is 0. The van der Waals surface area contributed by atoms with E-state index >= 15 is 0 Å². The number of aryl methyl sites for hydroxylation is 2. The highest BCUT2D eigenvalue weighted by molar-refractivity contribution is 5.45. The minimum absolute atomic E-state index is 0.209. The molecule has 0 saturated carbocycles. The molecule has 0 aromatic heterocycles. The smallest absolute Gasteiger partial charge is 0.119 e. The van der Waals surface area contributed by atoms with Crippen LogP contribution in [0.15, 0.2) is 24.8 Å². The Labute approximate surface area is 79.7 Å². The molecule has 0 aliphatic rings. The molecule has 0 aliphatic carbocycles. The summed E-state index contributed by atoms with van der Waals surface area (Å²) in [6.07, 6.45) is 1.84. The third-order valence-corrected chi connectivity index (χ3v) is 2.32. The van der Waals surface area contributed by atoms with Gasteiger partial charge >= 0.3 is 0 Å². The number of rotatable bonds is 2. The molecule has 1 aromatic carbocycles. The highest BCUT2D eigenvalue weighted by Crippen LogP contribution is 2.30. The van der Waals surface area contributed by atoms with E-state index in [4.69, 9.17) is 0 Å². The fraction of sp³-hybridized carbons (Fsp3) is 0.333. The van der Waals surface area contributed by atoms with E-state index in [9.17, 15) is 5.11 Å². The van der Waals surface area contributed by atoms with Crippen molar-refractivity contribution in [2.24, 2.45) is 0 Å². The molecule has 13 heavy (non-hydrogen) atoms. The zero-order valence-corrected chi connectivity index (χ0v) is 8.46. The van der Waals surface area contributed by atoms with E-state index < -0.39 is 0 Å². The molecular formula is C12H16O. The van der Waals surface area contributed by atoms with Crippen LogP contribution in [0.5, 0.6) is 5.75 Å². The van der Waals surface area contributed by atoms with E-state index in [0.717, 1.165) is 16.7 Å².